The van der Waals surface area contributed by atoms with Gasteiger partial charge in [0.25, 0.3) is 0 Å². The molecule has 0 fully saturated rings. The number of anilines is 1. The van der Waals surface area contributed by atoms with E-state index in [0.717, 1.165) is 22.9 Å². The lowest BCUT2D eigenvalue weighted by molar-refractivity contribution is -0.113. The Bertz CT molecular complexity index is 1390. The van der Waals surface area contributed by atoms with Crippen LogP contribution in [0.5, 0.6) is 0 Å². The number of nitrogens with one attached hydrogen (secondary N) is 2. The van der Waals surface area contributed by atoms with E-state index in [-0.39, 0.29) is 26.6 Å². The molecule has 1 amide bonds. The van der Waals surface area contributed by atoms with Crippen LogP contribution in [0.1, 0.15) is 5.56 Å². The number of imidazole rings is 1. The van der Waals surface area contributed by atoms with Crippen molar-refractivity contribution in [3.05, 3.63) is 89.4 Å². The highest BCUT2D eigenvalue weighted by atomic mass is 35.5. The summed E-state index contributed by atoms with van der Waals surface area (Å²) >= 11 is 7.18. The van der Waals surface area contributed by atoms with Crippen LogP contribution in [0.4, 0.5) is 5.69 Å². The van der Waals surface area contributed by atoms with Crippen LogP contribution in [-0.4, -0.2) is 30.0 Å². The van der Waals surface area contributed by atoms with Crippen molar-refractivity contribution in [3.8, 4) is 11.4 Å². The van der Waals surface area contributed by atoms with Crippen molar-refractivity contribution in [1.82, 2.24) is 9.97 Å². The Labute approximate surface area is 201 Å². The molecule has 0 aliphatic heterocycles. The summed E-state index contributed by atoms with van der Waals surface area (Å²) in [5, 5.41) is 3.56. The molecule has 2 N–H and O–H groups in total. The van der Waals surface area contributed by atoms with E-state index in [2.05, 4.69) is 15.3 Å². The van der Waals surface area contributed by atoms with Crippen LogP contribution in [-0.2, 0) is 14.6 Å². The topological polar surface area (TPSA) is 91.9 Å². The highest BCUT2D eigenvalue weighted by Crippen LogP contribution is 2.32. The van der Waals surface area contributed by atoms with Crippen molar-refractivity contribution in [3.63, 3.8) is 0 Å². The van der Waals surface area contributed by atoms with E-state index in [0.29, 0.717) is 16.5 Å². The number of thioether (sulfide) groups is 1. The van der Waals surface area contributed by atoms with Gasteiger partial charge in [-0.15, -0.1) is 0 Å². The molecule has 33 heavy (non-hydrogen) atoms. The Hall–Kier alpha value is -3.07. The van der Waals surface area contributed by atoms with Crippen LogP contribution in [0.3, 0.4) is 0 Å². The number of aromatic nitrogens is 2. The molecule has 0 aliphatic carbocycles. The van der Waals surface area contributed by atoms with Crippen molar-refractivity contribution in [2.24, 2.45) is 0 Å². The maximum absolute atomic E-state index is 13.3. The highest BCUT2D eigenvalue weighted by Gasteiger charge is 2.26. The van der Waals surface area contributed by atoms with Gasteiger partial charge < -0.3 is 10.3 Å². The molecule has 0 aliphatic rings. The Morgan fingerprint density at radius 2 is 1.67 bits per heavy atom. The number of sulfone groups is 1. The first-order valence-corrected chi connectivity index (χ1v) is 12.8. The molecule has 0 radical (unpaired) electrons. The molecule has 0 unspecified atom stereocenters. The van der Waals surface area contributed by atoms with Crippen LogP contribution in [0, 0.1) is 6.92 Å². The molecule has 1 aromatic heterocycles. The Balaban J connectivity index is 1.63. The lowest BCUT2D eigenvalue weighted by Crippen LogP contribution is -2.15. The van der Waals surface area contributed by atoms with Crippen molar-refractivity contribution in [2.45, 2.75) is 21.9 Å². The number of hydrogen-bond acceptors (Lipinski definition) is 5. The second-order valence-electron chi connectivity index (χ2n) is 7.15. The molecule has 0 saturated heterocycles. The van der Waals surface area contributed by atoms with E-state index in [4.69, 9.17) is 11.6 Å². The molecule has 0 atom stereocenters. The third-order valence-electron chi connectivity index (χ3n) is 4.89. The first-order chi connectivity index (χ1) is 15.9. The number of aromatic amines is 1. The van der Waals surface area contributed by atoms with Gasteiger partial charge in [-0.2, -0.15) is 0 Å². The summed E-state index contributed by atoms with van der Waals surface area (Å²) in [6.45, 7) is 1.81. The lowest BCUT2D eigenvalue weighted by Gasteiger charge is -2.09. The van der Waals surface area contributed by atoms with Gasteiger partial charge in [-0.3, -0.25) is 4.79 Å². The summed E-state index contributed by atoms with van der Waals surface area (Å²) in [6, 6.07) is 22.6. The van der Waals surface area contributed by atoms with Crippen LogP contribution in [0.25, 0.3) is 11.4 Å². The number of H-pyrrole nitrogens is 1. The average molecular weight is 498 g/mol. The minimum atomic E-state index is -3.86. The summed E-state index contributed by atoms with van der Waals surface area (Å²) in [6.07, 6.45) is 0. The summed E-state index contributed by atoms with van der Waals surface area (Å²) in [5.74, 6) is 0.0962. The van der Waals surface area contributed by atoms with E-state index in [9.17, 15) is 13.2 Å². The van der Waals surface area contributed by atoms with Gasteiger partial charge >= 0.3 is 0 Å². The summed E-state index contributed by atoms with van der Waals surface area (Å²) < 4.78 is 26.6. The summed E-state index contributed by atoms with van der Waals surface area (Å²) in [7, 11) is -3.86. The Kier molecular flexibility index (Phi) is 6.88. The smallest absolute Gasteiger partial charge is 0.234 e. The quantitative estimate of drug-likeness (QED) is 0.324. The van der Waals surface area contributed by atoms with Gasteiger partial charge in [-0.1, -0.05) is 78.0 Å². The van der Waals surface area contributed by atoms with Gasteiger partial charge in [0.2, 0.25) is 15.7 Å². The molecule has 168 valence electrons. The first kappa shape index (κ1) is 23.1. The van der Waals surface area contributed by atoms with Gasteiger partial charge in [-0.05, 0) is 36.8 Å². The number of hydrogen-bond donors (Lipinski definition) is 2. The van der Waals surface area contributed by atoms with Gasteiger partial charge in [0.1, 0.15) is 10.9 Å². The normalized spacial score (nSPS) is 11.3. The van der Waals surface area contributed by atoms with Crippen molar-refractivity contribution in [1.29, 1.82) is 0 Å². The Morgan fingerprint density at radius 3 is 2.36 bits per heavy atom. The number of carbonyl (C=O) groups excluding carboxylic acids is 1. The molecule has 0 saturated carbocycles. The molecule has 0 spiro atoms. The lowest BCUT2D eigenvalue weighted by atomic mass is 10.2. The molecular formula is C24H20ClN3O3S2. The largest absolute Gasteiger partial charge is 0.328 e. The van der Waals surface area contributed by atoms with Crippen LogP contribution < -0.4 is 5.32 Å². The number of carbonyl (C=O) groups is 1. The number of benzene rings is 3. The number of rotatable bonds is 7. The number of halogens is 1. The van der Waals surface area contributed by atoms with E-state index in [1.54, 1.807) is 36.4 Å². The number of nitrogens with zero attached hydrogens (tertiary/aromatic N) is 1. The zero-order chi connectivity index (χ0) is 23.4. The van der Waals surface area contributed by atoms with Gasteiger partial charge in [-0.25, -0.2) is 13.4 Å². The minimum absolute atomic E-state index is 0.0255. The summed E-state index contributed by atoms with van der Waals surface area (Å²) in [5.41, 5.74) is 2.11. The fourth-order valence-corrected chi connectivity index (χ4v) is 5.75. The SMILES string of the molecule is Cc1c(Cl)cccc1NC(=O)CSc1nc(-c2ccccc2)[nH]c1S(=O)(=O)c1ccccc1. The van der Waals surface area contributed by atoms with Gasteiger partial charge in [0.05, 0.1) is 10.6 Å². The number of amides is 1. The van der Waals surface area contributed by atoms with E-state index < -0.39 is 9.84 Å². The van der Waals surface area contributed by atoms with Crippen molar-refractivity contribution < 1.29 is 13.2 Å². The van der Waals surface area contributed by atoms with E-state index >= 15 is 0 Å². The molecule has 3 aromatic carbocycles. The predicted octanol–water partition coefficient (Wildman–Crippen LogP) is 5.60. The molecule has 4 rings (SSSR count). The van der Waals surface area contributed by atoms with Crippen LogP contribution in [0.2, 0.25) is 5.02 Å². The molecular weight excluding hydrogens is 478 g/mol. The second-order valence-corrected chi connectivity index (χ2v) is 10.4. The first-order valence-electron chi connectivity index (χ1n) is 9.99. The second kappa shape index (κ2) is 9.82. The summed E-state index contributed by atoms with van der Waals surface area (Å²) in [4.78, 5) is 20.2. The highest BCUT2D eigenvalue weighted by molar-refractivity contribution is 8.00. The third kappa shape index (κ3) is 5.13. The van der Waals surface area contributed by atoms with Gasteiger partial charge in [0.15, 0.2) is 5.03 Å². The van der Waals surface area contributed by atoms with E-state index in [1.807, 2.05) is 37.3 Å². The van der Waals surface area contributed by atoms with Crippen LogP contribution in [0.15, 0.2) is 93.8 Å². The zero-order valence-corrected chi connectivity index (χ0v) is 20.0. The van der Waals surface area contributed by atoms with Crippen molar-refractivity contribution in [2.75, 3.05) is 11.1 Å². The molecule has 4 aromatic rings. The fraction of sp³-hybridized carbons (Fsp3) is 0.0833. The maximum Gasteiger partial charge on any atom is 0.234 e. The third-order valence-corrected chi connectivity index (χ3v) is 8.13. The molecule has 0 bridgehead atoms. The molecule has 6 nitrogen and oxygen atoms in total. The van der Waals surface area contributed by atoms with Crippen LogP contribution >= 0.6 is 23.4 Å². The Morgan fingerprint density at radius 1 is 1.00 bits per heavy atom. The minimum Gasteiger partial charge on any atom is -0.328 e. The molecule has 1 heterocycles. The zero-order valence-electron chi connectivity index (χ0n) is 17.6. The van der Waals surface area contributed by atoms with Crippen molar-refractivity contribution >= 4 is 44.8 Å². The maximum atomic E-state index is 13.3. The average Bonchev–Trinajstić information content (AvgIpc) is 3.27. The van der Waals surface area contributed by atoms with Gasteiger partial charge in [0, 0.05) is 16.3 Å². The fourth-order valence-electron chi connectivity index (χ4n) is 3.13. The van der Waals surface area contributed by atoms with E-state index in [1.165, 1.54) is 12.1 Å². The standard InChI is InChI=1S/C24H20ClN3O3S2/c1-16-19(25)13-8-14-20(16)26-21(29)15-32-23-24(33(30,31)18-11-6-3-7-12-18)28-22(27-23)17-9-4-2-5-10-17/h2-14H,15H2,1H3,(H,26,29)(H,27,28). The molecule has 9 heteroatoms. The predicted molar refractivity (Wildman–Crippen MR) is 131 cm³/mol. The monoisotopic (exact) mass is 497 g/mol.